The highest BCUT2D eigenvalue weighted by Gasteiger charge is 2.37. The third kappa shape index (κ3) is 2.89. The molecule has 0 saturated carbocycles. The van der Waals surface area contributed by atoms with Crippen LogP contribution in [0.15, 0.2) is 18.2 Å². The number of anilines is 1. The highest BCUT2D eigenvalue weighted by atomic mass is 32.2. The lowest BCUT2D eigenvalue weighted by atomic mass is 10.0. The molecule has 1 fully saturated rings. The number of carbonyl (C=O) groups is 2. The van der Waals surface area contributed by atoms with Crippen molar-refractivity contribution in [3.05, 3.63) is 29.6 Å². The topological polar surface area (TPSA) is 66.4 Å². The maximum atomic E-state index is 13.7. The molecule has 1 amide bonds. The number of carbonyl (C=O) groups excluding carboxylic acids is 1. The first-order valence-electron chi connectivity index (χ1n) is 5.91. The zero-order valence-electron chi connectivity index (χ0n) is 10.4. The van der Waals surface area contributed by atoms with Crippen molar-refractivity contribution < 1.29 is 19.1 Å². The Hall–Kier alpha value is -1.56. The second kappa shape index (κ2) is 5.21. The minimum Gasteiger partial charge on any atom is -0.478 e. The van der Waals surface area contributed by atoms with Crippen molar-refractivity contribution in [2.45, 2.75) is 24.5 Å². The van der Waals surface area contributed by atoms with Crippen LogP contribution in [0.4, 0.5) is 10.1 Å². The van der Waals surface area contributed by atoms with Gasteiger partial charge in [-0.3, -0.25) is 4.79 Å². The summed E-state index contributed by atoms with van der Waals surface area (Å²) in [5, 5.41) is 11.3. The van der Waals surface area contributed by atoms with Crippen LogP contribution in [0.1, 0.15) is 30.1 Å². The summed E-state index contributed by atoms with van der Waals surface area (Å²) in [5.74, 6) is -1.25. The van der Waals surface area contributed by atoms with Gasteiger partial charge in [0.25, 0.3) is 0 Å². The molecule has 0 aliphatic carbocycles. The number of benzene rings is 1. The van der Waals surface area contributed by atoms with Gasteiger partial charge in [-0.1, -0.05) is 0 Å². The number of aromatic carboxylic acids is 1. The molecular formula is C13H14FNO3S. The average molecular weight is 283 g/mol. The number of carboxylic acid groups (broad SMARTS) is 1. The van der Waals surface area contributed by atoms with Crippen LogP contribution in [0.5, 0.6) is 0 Å². The van der Waals surface area contributed by atoms with Gasteiger partial charge < -0.3 is 10.4 Å². The Morgan fingerprint density at radius 3 is 2.74 bits per heavy atom. The summed E-state index contributed by atoms with van der Waals surface area (Å²) in [4.78, 5) is 22.8. The van der Waals surface area contributed by atoms with Gasteiger partial charge in [-0.15, -0.1) is 11.8 Å². The summed E-state index contributed by atoms with van der Waals surface area (Å²) in [6, 6.07) is 3.45. The number of halogens is 1. The molecule has 1 unspecified atom stereocenters. The molecule has 1 saturated heterocycles. The molecule has 0 spiro atoms. The highest BCUT2D eigenvalue weighted by molar-refractivity contribution is 8.01. The normalized spacial score (nSPS) is 22.2. The first-order chi connectivity index (χ1) is 8.92. The average Bonchev–Trinajstić information content (AvgIpc) is 2.80. The Kier molecular flexibility index (Phi) is 3.80. The van der Waals surface area contributed by atoms with Crippen LogP contribution < -0.4 is 5.32 Å². The van der Waals surface area contributed by atoms with Crippen molar-refractivity contribution in [1.82, 2.24) is 0 Å². The van der Waals surface area contributed by atoms with Crippen LogP contribution in [0, 0.1) is 5.82 Å². The van der Waals surface area contributed by atoms with Crippen molar-refractivity contribution in [3.8, 4) is 0 Å². The van der Waals surface area contributed by atoms with E-state index in [0.29, 0.717) is 0 Å². The predicted octanol–water partition coefficient (Wildman–Crippen LogP) is 2.75. The first kappa shape index (κ1) is 13.9. The lowest BCUT2D eigenvalue weighted by Crippen LogP contribution is -2.34. The van der Waals surface area contributed by atoms with E-state index in [1.807, 2.05) is 6.92 Å². The number of nitrogens with one attached hydrogen (secondary N) is 1. The van der Waals surface area contributed by atoms with Gasteiger partial charge in [0.2, 0.25) is 5.91 Å². The van der Waals surface area contributed by atoms with Crippen LogP contribution in [0.2, 0.25) is 0 Å². The number of hydrogen-bond acceptors (Lipinski definition) is 3. The molecular weight excluding hydrogens is 269 g/mol. The third-order valence-electron chi connectivity index (χ3n) is 3.16. The number of rotatable bonds is 3. The smallest absolute Gasteiger partial charge is 0.335 e. The standard InChI is InChI=1S/C13H14FNO3S/c1-13(5-2-6-19-13)12(18)15-10-4-3-8(11(16)17)7-9(10)14/h3-4,7H,2,5-6H2,1H3,(H,15,18)(H,16,17). The Balaban J connectivity index is 2.15. The Labute approximate surface area is 114 Å². The van der Waals surface area contributed by atoms with Crippen LogP contribution in [-0.2, 0) is 4.79 Å². The molecule has 1 aromatic carbocycles. The first-order valence-corrected chi connectivity index (χ1v) is 6.89. The largest absolute Gasteiger partial charge is 0.478 e. The van der Waals surface area contributed by atoms with E-state index in [0.717, 1.165) is 24.7 Å². The molecule has 0 aromatic heterocycles. The van der Waals surface area contributed by atoms with E-state index in [4.69, 9.17) is 5.11 Å². The van der Waals surface area contributed by atoms with E-state index in [2.05, 4.69) is 5.32 Å². The van der Waals surface area contributed by atoms with Gasteiger partial charge in [0.15, 0.2) is 0 Å². The maximum absolute atomic E-state index is 13.7. The zero-order valence-corrected chi connectivity index (χ0v) is 11.2. The van der Waals surface area contributed by atoms with E-state index in [1.165, 1.54) is 12.1 Å². The van der Waals surface area contributed by atoms with E-state index < -0.39 is 16.5 Å². The molecule has 1 aliphatic rings. The second-order valence-electron chi connectivity index (χ2n) is 4.64. The van der Waals surface area contributed by atoms with Gasteiger partial charge in [0, 0.05) is 0 Å². The molecule has 19 heavy (non-hydrogen) atoms. The highest BCUT2D eigenvalue weighted by Crippen LogP contribution is 2.38. The summed E-state index contributed by atoms with van der Waals surface area (Å²) in [7, 11) is 0. The van der Waals surface area contributed by atoms with Crippen LogP contribution in [0.3, 0.4) is 0 Å². The molecule has 6 heteroatoms. The molecule has 0 radical (unpaired) electrons. The molecule has 1 heterocycles. The number of hydrogen-bond donors (Lipinski definition) is 2. The Morgan fingerprint density at radius 2 is 2.21 bits per heavy atom. The van der Waals surface area contributed by atoms with Crippen LogP contribution in [-0.4, -0.2) is 27.5 Å². The minimum absolute atomic E-state index is 0.0173. The molecule has 0 bridgehead atoms. The summed E-state index contributed by atoms with van der Waals surface area (Å²) >= 11 is 1.56. The van der Waals surface area contributed by atoms with Crippen molar-refractivity contribution in [1.29, 1.82) is 0 Å². The quantitative estimate of drug-likeness (QED) is 0.895. The van der Waals surface area contributed by atoms with Crippen LogP contribution in [0.25, 0.3) is 0 Å². The lowest BCUT2D eigenvalue weighted by molar-refractivity contribution is -0.118. The molecule has 2 N–H and O–H groups in total. The van der Waals surface area contributed by atoms with E-state index in [9.17, 15) is 14.0 Å². The monoisotopic (exact) mass is 283 g/mol. The second-order valence-corrected chi connectivity index (χ2v) is 6.23. The molecule has 1 aromatic rings. The summed E-state index contributed by atoms with van der Waals surface area (Å²) < 4.78 is 13.2. The Morgan fingerprint density at radius 1 is 1.47 bits per heavy atom. The summed E-state index contributed by atoms with van der Waals surface area (Å²) in [5.41, 5.74) is -0.124. The van der Waals surface area contributed by atoms with Crippen molar-refractivity contribution in [2.24, 2.45) is 0 Å². The molecule has 102 valence electrons. The van der Waals surface area contributed by atoms with Crippen molar-refractivity contribution in [3.63, 3.8) is 0 Å². The van der Waals surface area contributed by atoms with E-state index in [1.54, 1.807) is 11.8 Å². The fourth-order valence-corrected chi connectivity index (χ4v) is 3.17. The van der Waals surface area contributed by atoms with Gasteiger partial charge in [-0.2, -0.15) is 0 Å². The SMILES string of the molecule is CC1(C(=O)Nc2ccc(C(=O)O)cc2F)CCCS1. The van der Waals surface area contributed by atoms with E-state index >= 15 is 0 Å². The van der Waals surface area contributed by atoms with Gasteiger partial charge in [-0.05, 0) is 43.7 Å². The summed E-state index contributed by atoms with van der Waals surface area (Å²) in [6.45, 7) is 1.84. The predicted molar refractivity (Wildman–Crippen MR) is 72.1 cm³/mol. The molecule has 1 aliphatic heterocycles. The fourth-order valence-electron chi connectivity index (χ4n) is 1.96. The van der Waals surface area contributed by atoms with Crippen molar-refractivity contribution in [2.75, 3.05) is 11.1 Å². The number of amides is 1. The fraction of sp³-hybridized carbons (Fsp3) is 0.385. The lowest BCUT2D eigenvalue weighted by Gasteiger charge is -2.21. The minimum atomic E-state index is -1.20. The van der Waals surface area contributed by atoms with E-state index in [-0.39, 0.29) is 17.2 Å². The van der Waals surface area contributed by atoms with Crippen molar-refractivity contribution >= 4 is 29.3 Å². The number of thioether (sulfide) groups is 1. The van der Waals surface area contributed by atoms with Gasteiger partial charge >= 0.3 is 5.97 Å². The van der Waals surface area contributed by atoms with Gasteiger partial charge in [0.05, 0.1) is 16.0 Å². The molecule has 2 rings (SSSR count). The Bertz CT molecular complexity index is 527. The maximum Gasteiger partial charge on any atom is 0.335 e. The summed E-state index contributed by atoms with van der Waals surface area (Å²) in [6.07, 6.45) is 1.73. The van der Waals surface area contributed by atoms with Crippen LogP contribution >= 0.6 is 11.8 Å². The third-order valence-corrected chi connectivity index (χ3v) is 4.68. The molecule has 1 atom stereocenters. The number of carboxylic acids is 1. The zero-order chi connectivity index (χ0) is 14.0. The van der Waals surface area contributed by atoms with Gasteiger partial charge in [0.1, 0.15) is 5.82 Å². The van der Waals surface area contributed by atoms with Gasteiger partial charge in [-0.25, -0.2) is 9.18 Å². The molecule has 4 nitrogen and oxygen atoms in total.